The quantitative estimate of drug-likeness (QED) is 0.199. The number of nitrogens with zero attached hydrogens (tertiary/aromatic N) is 3. The van der Waals surface area contributed by atoms with E-state index in [2.05, 4.69) is 10.0 Å². The number of carbonyl (C=O) groups excluding carboxylic acids is 3. The highest BCUT2D eigenvalue weighted by molar-refractivity contribution is 7.99. The lowest BCUT2D eigenvalue weighted by atomic mass is 9.97. The molecule has 0 radical (unpaired) electrons. The Labute approximate surface area is 177 Å². The molecule has 0 spiro atoms. The van der Waals surface area contributed by atoms with Gasteiger partial charge in [0.15, 0.2) is 0 Å². The van der Waals surface area contributed by atoms with Crippen LogP contribution in [0.2, 0.25) is 0 Å². The molecule has 0 bridgehead atoms. The zero-order chi connectivity index (χ0) is 22.1. The summed E-state index contributed by atoms with van der Waals surface area (Å²) in [5.74, 6) is -1.28. The highest BCUT2D eigenvalue weighted by atomic mass is 32.2. The fourth-order valence-corrected chi connectivity index (χ4v) is 4.14. The van der Waals surface area contributed by atoms with Crippen molar-refractivity contribution in [2.24, 2.45) is 5.11 Å². The average Bonchev–Trinajstić information content (AvgIpc) is 2.68. The van der Waals surface area contributed by atoms with E-state index in [4.69, 9.17) is 24.5 Å². The molecule has 0 aromatic heterocycles. The molecule has 0 aliphatic carbocycles. The SMILES string of the molecule is CC(=O)OCC1O[C@H](SCc2ccccc2)C(OC(C)=O)[C@@H](N=[N+]=[N-])[C@H]1OC(C)=O. The smallest absolute Gasteiger partial charge is 0.303 e. The van der Waals surface area contributed by atoms with Crippen LogP contribution in [-0.4, -0.2) is 54.3 Å². The van der Waals surface area contributed by atoms with Crippen molar-refractivity contribution < 1.29 is 33.3 Å². The molecule has 0 N–H and O–H groups in total. The second-order valence-corrected chi connectivity index (χ2v) is 7.57. The van der Waals surface area contributed by atoms with E-state index in [0.29, 0.717) is 5.75 Å². The minimum Gasteiger partial charge on any atom is -0.463 e. The van der Waals surface area contributed by atoms with E-state index in [1.165, 1.54) is 32.5 Å². The number of hydrogen-bond donors (Lipinski definition) is 0. The third kappa shape index (κ3) is 6.94. The molecule has 2 unspecified atom stereocenters. The van der Waals surface area contributed by atoms with Gasteiger partial charge in [0.2, 0.25) is 0 Å². The fourth-order valence-electron chi connectivity index (χ4n) is 2.96. The number of thioether (sulfide) groups is 1. The van der Waals surface area contributed by atoms with E-state index in [-0.39, 0.29) is 6.61 Å². The Kier molecular flexibility index (Phi) is 8.97. The lowest BCUT2D eigenvalue weighted by Crippen LogP contribution is -2.59. The van der Waals surface area contributed by atoms with Crippen molar-refractivity contribution in [3.8, 4) is 0 Å². The highest BCUT2D eigenvalue weighted by Crippen LogP contribution is 2.35. The summed E-state index contributed by atoms with van der Waals surface area (Å²) >= 11 is 1.33. The molecule has 1 aromatic carbocycles. The molecule has 1 aliphatic heterocycles. The number of carbonyl (C=O) groups is 3. The standard InChI is InChI=1S/C19H23N3O7S/c1-11(23)26-9-15-17(27-12(2)24)16(21-22-20)18(28-13(3)25)19(29-15)30-10-14-7-5-4-6-8-14/h4-8,15-19H,9-10H2,1-3H3/t15?,16-,17-,18?,19+/m0/s1. The predicted molar refractivity (Wildman–Crippen MR) is 107 cm³/mol. The van der Waals surface area contributed by atoms with Gasteiger partial charge in [-0.25, -0.2) is 0 Å². The number of ether oxygens (including phenoxy) is 4. The largest absolute Gasteiger partial charge is 0.463 e. The molecule has 1 aliphatic rings. The van der Waals surface area contributed by atoms with Gasteiger partial charge in [-0.15, -0.1) is 11.8 Å². The van der Waals surface area contributed by atoms with Crippen LogP contribution in [0.1, 0.15) is 26.3 Å². The molecule has 1 aromatic rings. The van der Waals surface area contributed by atoms with E-state index in [9.17, 15) is 14.4 Å². The van der Waals surface area contributed by atoms with Crippen molar-refractivity contribution in [1.29, 1.82) is 0 Å². The van der Waals surface area contributed by atoms with Crippen LogP contribution in [0.15, 0.2) is 35.4 Å². The van der Waals surface area contributed by atoms with Crippen molar-refractivity contribution in [3.63, 3.8) is 0 Å². The topological polar surface area (TPSA) is 137 Å². The number of hydrogen-bond acceptors (Lipinski definition) is 9. The summed E-state index contributed by atoms with van der Waals surface area (Å²) < 4.78 is 21.7. The van der Waals surface area contributed by atoms with Gasteiger partial charge in [0.05, 0.1) is 0 Å². The third-order valence-corrected chi connectivity index (χ3v) is 5.32. The van der Waals surface area contributed by atoms with Gasteiger partial charge in [-0.3, -0.25) is 14.4 Å². The summed E-state index contributed by atoms with van der Waals surface area (Å²) in [5, 5.41) is 3.73. The van der Waals surface area contributed by atoms with Crippen molar-refractivity contribution in [1.82, 2.24) is 0 Å². The maximum atomic E-state index is 11.7. The maximum absolute atomic E-state index is 11.7. The first-order valence-electron chi connectivity index (χ1n) is 9.14. The van der Waals surface area contributed by atoms with Gasteiger partial charge in [-0.05, 0) is 11.1 Å². The lowest BCUT2D eigenvalue weighted by Gasteiger charge is -2.43. The molecule has 2 rings (SSSR count). The Morgan fingerprint density at radius 2 is 1.70 bits per heavy atom. The molecule has 0 saturated carbocycles. The number of esters is 3. The predicted octanol–water partition coefficient (Wildman–Crippen LogP) is 2.75. The molecule has 1 heterocycles. The van der Waals surface area contributed by atoms with Crippen LogP contribution in [-0.2, 0) is 39.1 Å². The van der Waals surface area contributed by atoms with Crippen LogP contribution >= 0.6 is 11.8 Å². The Morgan fingerprint density at radius 1 is 1.07 bits per heavy atom. The minimum atomic E-state index is -1.10. The maximum Gasteiger partial charge on any atom is 0.303 e. The first-order valence-corrected chi connectivity index (χ1v) is 10.2. The molecule has 162 valence electrons. The molecule has 0 amide bonds. The molecular formula is C19H23N3O7S. The summed E-state index contributed by atoms with van der Waals surface area (Å²) in [4.78, 5) is 37.5. The highest BCUT2D eigenvalue weighted by Gasteiger charge is 2.49. The summed E-state index contributed by atoms with van der Waals surface area (Å²) in [6.45, 7) is 3.42. The fraction of sp³-hybridized carbons (Fsp3) is 0.526. The summed E-state index contributed by atoms with van der Waals surface area (Å²) in [7, 11) is 0. The van der Waals surface area contributed by atoms with Gasteiger partial charge < -0.3 is 18.9 Å². The van der Waals surface area contributed by atoms with E-state index in [0.717, 1.165) is 5.56 Å². The van der Waals surface area contributed by atoms with E-state index < -0.39 is 47.7 Å². The monoisotopic (exact) mass is 437 g/mol. The van der Waals surface area contributed by atoms with Crippen molar-refractivity contribution in [3.05, 3.63) is 46.3 Å². The van der Waals surface area contributed by atoms with E-state index >= 15 is 0 Å². The minimum absolute atomic E-state index is 0.222. The van der Waals surface area contributed by atoms with Crippen LogP contribution < -0.4 is 0 Å². The number of rotatable bonds is 8. The second kappa shape index (κ2) is 11.4. The van der Waals surface area contributed by atoms with E-state index in [1.807, 2.05) is 30.3 Å². The molecule has 10 nitrogen and oxygen atoms in total. The van der Waals surface area contributed by atoms with Gasteiger partial charge >= 0.3 is 17.9 Å². The van der Waals surface area contributed by atoms with Crippen molar-refractivity contribution in [2.45, 2.75) is 56.3 Å². The third-order valence-electron chi connectivity index (χ3n) is 4.11. The molecule has 1 fully saturated rings. The first-order chi connectivity index (χ1) is 14.3. The van der Waals surface area contributed by atoms with Gasteiger partial charge in [0, 0.05) is 31.4 Å². The van der Waals surface area contributed by atoms with Crippen LogP contribution in [0.25, 0.3) is 10.4 Å². The normalized spacial score (nSPS) is 25.5. The van der Waals surface area contributed by atoms with Crippen LogP contribution in [0.4, 0.5) is 0 Å². The summed E-state index contributed by atoms with van der Waals surface area (Å²) in [5.41, 5.74) is 9.32. The molecular weight excluding hydrogens is 414 g/mol. The summed E-state index contributed by atoms with van der Waals surface area (Å²) in [6.07, 6.45) is -3.02. The van der Waals surface area contributed by atoms with Gasteiger partial charge in [0.25, 0.3) is 0 Å². The molecule has 30 heavy (non-hydrogen) atoms. The first kappa shape index (κ1) is 23.5. The van der Waals surface area contributed by atoms with Crippen molar-refractivity contribution >= 4 is 29.7 Å². The van der Waals surface area contributed by atoms with Gasteiger partial charge in [-0.1, -0.05) is 35.4 Å². The van der Waals surface area contributed by atoms with Crippen LogP contribution in [0, 0.1) is 0 Å². The van der Waals surface area contributed by atoms with Crippen LogP contribution in [0.3, 0.4) is 0 Å². The zero-order valence-corrected chi connectivity index (χ0v) is 17.6. The average molecular weight is 437 g/mol. The summed E-state index contributed by atoms with van der Waals surface area (Å²) in [6, 6.07) is 8.47. The number of azide groups is 1. The Balaban J connectivity index is 2.33. The van der Waals surface area contributed by atoms with Gasteiger partial charge in [0.1, 0.15) is 36.4 Å². The number of benzene rings is 1. The van der Waals surface area contributed by atoms with Crippen molar-refractivity contribution in [2.75, 3.05) is 6.61 Å². The Hall–Kier alpha value is -2.75. The van der Waals surface area contributed by atoms with Gasteiger partial charge in [-0.2, -0.15) is 0 Å². The van der Waals surface area contributed by atoms with Crippen LogP contribution in [0.5, 0.6) is 0 Å². The Morgan fingerprint density at radius 3 is 2.27 bits per heavy atom. The van der Waals surface area contributed by atoms with E-state index in [1.54, 1.807) is 0 Å². The zero-order valence-electron chi connectivity index (χ0n) is 16.8. The Bertz CT molecular complexity index is 801. The molecule has 5 atom stereocenters. The molecule has 1 saturated heterocycles. The second-order valence-electron chi connectivity index (χ2n) is 6.49. The molecule has 11 heteroatoms. The lowest BCUT2D eigenvalue weighted by molar-refractivity contribution is -0.201.